The highest BCUT2D eigenvalue weighted by atomic mass is 16.3. The molecule has 0 unspecified atom stereocenters. The van der Waals surface area contributed by atoms with Crippen LogP contribution in [0.5, 0.6) is 0 Å². The van der Waals surface area contributed by atoms with Crippen LogP contribution in [0.2, 0.25) is 0 Å². The van der Waals surface area contributed by atoms with Crippen LogP contribution in [-0.4, -0.2) is 101 Å². The molecule has 0 aliphatic carbocycles. The fourth-order valence-corrected chi connectivity index (χ4v) is 7.24. The van der Waals surface area contributed by atoms with Crippen LogP contribution < -0.4 is 0 Å². The average Bonchev–Trinajstić information content (AvgIpc) is 3.70. The molecule has 2 aromatic heterocycles. The Morgan fingerprint density at radius 1 is 0.596 bits per heavy atom. The standard InChI is InChI=1S/C38H41N5O4/c44-36(30-13-17-42(18-14-30)38(46)35-12-7-25-47-35)41-19-15-32(16-20-41)40-21-23-43(24-22-40)37(45)31-26-33(28-8-3-1-4-9-28)39-34(27-31)29-10-5-2-6-11-29/h1-12,25-27,30,32H,13-24H2. The Labute approximate surface area is 275 Å². The number of rotatable bonds is 6. The van der Waals surface area contributed by atoms with Crippen molar-refractivity contribution in [1.82, 2.24) is 24.6 Å². The molecule has 3 aliphatic rings. The number of likely N-dealkylation sites (tertiary alicyclic amines) is 2. The van der Waals surface area contributed by atoms with Crippen LogP contribution in [0.3, 0.4) is 0 Å². The zero-order valence-corrected chi connectivity index (χ0v) is 26.7. The third-order valence-corrected chi connectivity index (χ3v) is 9.97. The SMILES string of the molecule is O=C(c1cc(-c2ccccc2)nc(-c2ccccc2)c1)N1CCN(C2CCN(C(=O)C3CCN(C(=O)c4ccco4)CC3)CC2)CC1. The van der Waals surface area contributed by atoms with Gasteiger partial charge in [-0.05, 0) is 49.9 Å². The summed E-state index contributed by atoms with van der Waals surface area (Å²) in [7, 11) is 0. The lowest BCUT2D eigenvalue weighted by Gasteiger charge is -2.43. The summed E-state index contributed by atoms with van der Waals surface area (Å²) in [6.45, 7) is 5.69. The molecular formula is C38H41N5O4. The van der Waals surface area contributed by atoms with Crippen LogP contribution in [0.4, 0.5) is 0 Å². The van der Waals surface area contributed by atoms with Crippen LogP contribution >= 0.6 is 0 Å². The largest absolute Gasteiger partial charge is 0.459 e. The summed E-state index contributed by atoms with van der Waals surface area (Å²) in [6.07, 6.45) is 4.79. The summed E-state index contributed by atoms with van der Waals surface area (Å²) >= 11 is 0. The Kier molecular flexibility index (Phi) is 9.15. The number of hydrogen-bond acceptors (Lipinski definition) is 6. The third-order valence-electron chi connectivity index (χ3n) is 9.97. The zero-order chi connectivity index (χ0) is 32.2. The quantitative estimate of drug-likeness (QED) is 0.287. The van der Waals surface area contributed by atoms with Crippen LogP contribution in [0.1, 0.15) is 46.6 Å². The van der Waals surface area contributed by atoms with Crippen LogP contribution in [0.25, 0.3) is 22.5 Å². The molecule has 0 spiro atoms. The van der Waals surface area contributed by atoms with Crippen molar-refractivity contribution in [3.05, 3.63) is 103 Å². The van der Waals surface area contributed by atoms with Crippen LogP contribution in [-0.2, 0) is 4.79 Å². The molecule has 0 saturated carbocycles. The van der Waals surface area contributed by atoms with Gasteiger partial charge in [0.1, 0.15) is 0 Å². The molecule has 2 aromatic carbocycles. The van der Waals surface area contributed by atoms with E-state index < -0.39 is 0 Å². The van der Waals surface area contributed by atoms with Gasteiger partial charge in [0, 0.05) is 81.0 Å². The molecular weight excluding hydrogens is 590 g/mol. The van der Waals surface area contributed by atoms with Crippen molar-refractivity contribution >= 4 is 17.7 Å². The predicted molar refractivity (Wildman–Crippen MR) is 180 cm³/mol. The summed E-state index contributed by atoms with van der Waals surface area (Å²) < 4.78 is 5.26. The first kappa shape index (κ1) is 30.9. The Morgan fingerprint density at radius 3 is 1.70 bits per heavy atom. The summed E-state index contributed by atoms with van der Waals surface area (Å²) in [6, 6.07) is 27.7. The van der Waals surface area contributed by atoms with E-state index in [4.69, 9.17) is 9.40 Å². The number of benzene rings is 2. The first-order chi connectivity index (χ1) is 23.0. The van der Waals surface area contributed by atoms with E-state index in [0.29, 0.717) is 56.4 Å². The fraction of sp³-hybridized carbons (Fsp3) is 0.368. The van der Waals surface area contributed by atoms with Gasteiger partial charge >= 0.3 is 0 Å². The molecule has 7 rings (SSSR count). The number of piperidine rings is 2. The minimum Gasteiger partial charge on any atom is -0.459 e. The predicted octanol–water partition coefficient (Wildman–Crippen LogP) is 5.31. The van der Waals surface area contributed by atoms with E-state index in [9.17, 15) is 14.4 Å². The fourth-order valence-electron chi connectivity index (χ4n) is 7.24. The van der Waals surface area contributed by atoms with E-state index in [1.165, 1.54) is 6.26 Å². The van der Waals surface area contributed by atoms with Crippen molar-refractivity contribution in [3.63, 3.8) is 0 Å². The number of amides is 3. The van der Waals surface area contributed by atoms with E-state index in [-0.39, 0.29) is 23.6 Å². The van der Waals surface area contributed by atoms with Gasteiger partial charge in [0.25, 0.3) is 11.8 Å². The number of aromatic nitrogens is 1. The minimum absolute atomic E-state index is 0.0280. The highest BCUT2D eigenvalue weighted by Crippen LogP contribution is 2.28. The van der Waals surface area contributed by atoms with Gasteiger partial charge in [-0.1, -0.05) is 60.7 Å². The van der Waals surface area contributed by atoms with E-state index in [0.717, 1.165) is 61.5 Å². The molecule has 47 heavy (non-hydrogen) atoms. The maximum Gasteiger partial charge on any atom is 0.289 e. The van der Waals surface area contributed by atoms with E-state index in [1.54, 1.807) is 17.0 Å². The highest BCUT2D eigenvalue weighted by molar-refractivity contribution is 5.96. The molecule has 0 bridgehead atoms. The second-order valence-electron chi connectivity index (χ2n) is 12.8. The molecule has 3 amide bonds. The summed E-state index contributed by atoms with van der Waals surface area (Å²) in [4.78, 5) is 53.0. The van der Waals surface area contributed by atoms with Crippen molar-refractivity contribution < 1.29 is 18.8 Å². The van der Waals surface area contributed by atoms with E-state index in [2.05, 4.69) is 4.90 Å². The molecule has 5 heterocycles. The second-order valence-corrected chi connectivity index (χ2v) is 12.8. The zero-order valence-electron chi connectivity index (χ0n) is 26.7. The minimum atomic E-state index is -0.0989. The number of hydrogen-bond donors (Lipinski definition) is 0. The maximum absolute atomic E-state index is 13.8. The molecule has 0 N–H and O–H groups in total. The van der Waals surface area contributed by atoms with Crippen molar-refractivity contribution in [2.45, 2.75) is 31.7 Å². The Hall–Kier alpha value is -4.76. The molecule has 3 aliphatic heterocycles. The normalized spacial score (nSPS) is 18.3. The molecule has 9 heteroatoms. The molecule has 9 nitrogen and oxygen atoms in total. The van der Waals surface area contributed by atoms with Crippen molar-refractivity contribution in [2.75, 3.05) is 52.4 Å². The number of nitrogens with zero attached hydrogens (tertiary/aromatic N) is 5. The smallest absolute Gasteiger partial charge is 0.289 e. The van der Waals surface area contributed by atoms with Gasteiger partial charge < -0.3 is 19.1 Å². The third kappa shape index (κ3) is 6.86. The molecule has 242 valence electrons. The summed E-state index contributed by atoms with van der Waals surface area (Å²) in [5, 5.41) is 0. The van der Waals surface area contributed by atoms with Gasteiger partial charge in [0.2, 0.25) is 5.91 Å². The van der Waals surface area contributed by atoms with E-state index in [1.807, 2.05) is 82.6 Å². The average molecular weight is 632 g/mol. The first-order valence-electron chi connectivity index (χ1n) is 16.8. The number of carbonyl (C=O) groups is 3. The molecule has 0 radical (unpaired) electrons. The molecule has 3 fully saturated rings. The van der Waals surface area contributed by atoms with Crippen molar-refractivity contribution in [3.8, 4) is 22.5 Å². The van der Waals surface area contributed by atoms with Crippen LogP contribution in [0.15, 0.2) is 95.6 Å². The monoisotopic (exact) mass is 631 g/mol. The lowest BCUT2D eigenvalue weighted by Crippen LogP contribution is -2.55. The van der Waals surface area contributed by atoms with Gasteiger partial charge in [-0.15, -0.1) is 0 Å². The van der Waals surface area contributed by atoms with Gasteiger partial charge in [-0.3, -0.25) is 19.3 Å². The van der Waals surface area contributed by atoms with E-state index >= 15 is 0 Å². The van der Waals surface area contributed by atoms with Gasteiger partial charge in [0.05, 0.1) is 17.7 Å². The highest BCUT2D eigenvalue weighted by Gasteiger charge is 2.35. The molecule has 4 aromatic rings. The number of carbonyl (C=O) groups excluding carboxylic acids is 3. The second kappa shape index (κ2) is 13.9. The Bertz CT molecular complexity index is 1610. The lowest BCUT2D eigenvalue weighted by atomic mass is 9.93. The van der Waals surface area contributed by atoms with Crippen molar-refractivity contribution in [2.24, 2.45) is 5.92 Å². The molecule has 3 saturated heterocycles. The van der Waals surface area contributed by atoms with Gasteiger partial charge in [0.15, 0.2) is 5.76 Å². The van der Waals surface area contributed by atoms with Crippen LogP contribution in [0, 0.1) is 5.92 Å². The Morgan fingerprint density at radius 2 is 1.15 bits per heavy atom. The first-order valence-corrected chi connectivity index (χ1v) is 16.8. The van der Waals surface area contributed by atoms with Crippen molar-refractivity contribution in [1.29, 1.82) is 0 Å². The maximum atomic E-state index is 13.8. The number of pyridine rings is 1. The molecule has 0 atom stereocenters. The van der Waals surface area contributed by atoms with Gasteiger partial charge in [-0.2, -0.15) is 0 Å². The number of furan rings is 1. The Balaban J connectivity index is 0.920. The van der Waals surface area contributed by atoms with Gasteiger partial charge in [-0.25, -0.2) is 4.98 Å². The summed E-state index contributed by atoms with van der Waals surface area (Å²) in [5.74, 6) is 0.497. The lowest BCUT2D eigenvalue weighted by molar-refractivity contribution is -0.138. The summed E-state index contributed by atoms with van der Waals surface area (Å²) in [5.41, 5.74) is 4.22. The number of piperazine rings is 1. The topological polar surface area (TPSA) is 90.2 Å².